The van der Waals surface area contributed by atoms with Crippen LogP contribution in [0.2, 0.25) is 0 Å². The molecule has 1 N–H and O–H groups in total. The Morgan fingerprint density at radius 1 is 1.50 bits per heavy atom. The van der Waals surface area contributed by atoms with E-state index in [4.69, 9.17) is 9.47 Å². The van der Waals surface area contributed by atoms with E-state index >= 15 is 0 Å². The fraction of sp³-hybridized carbons (Fsp3) is 0.727. The number of hydrogen-bond donors (Lipinski definition) is 1. The number of nitrogens with one attached hydrogen (secondary N) is 1. The first-order valence-corrected chi connectivity index (χ1v) is 6.06. The van der Waals surface area contributed by atoms with Gasteiger partial charge in [-0.25, -0.2) is 4.98 Å². The van der Waals surface area contributed by atoms with Crippen molar-refractivity contribution in [3.63, 3.8) is 0 Å². The fourth-order valence-corrected chi connectivity index (χ4v) is 1.98. The van der Waals surface area contributed by atoms with Crippen LogP contribution in [-0.4, -0.2) is 65.5 Å². The molecule has 1 saturated heterocycles. The van der Waals surface area contributed by atoms with Gasteiger partial charge in [-0.1, -0.05) is 0 Å². The number of carbonyl (C=O) groups excluding carboxylic acids is 1. The minimum Gasteiger partial charge on any atom is -0.382 e. The van der Waals surface area contributed by atoms with Gasteiger partial charge in [0.05, 0.1) is 19.3 Å². The van der Waals surface area contributed by atoms with Gasteiger partial charge in [0.1, 0.15) is 6.33 Å². The second-order valence-corrected chi connectivity index (χ2v) is 4.19. The van der Waals surface area contributed by atoms with Gasteiger partial charge >= 0.3 is 0 Å². The van der Waals surface area contributed by atoms with Gasteiger partial charge in [0, 0.05) is 20.2 Å². The second kappa shape index (κ2) is 6.46. The van der Waals surface area contributed by atoms with E-state index in [9.17, 15) is 4.79 Å². The zero-order valence-electron chi connectivity index (χ0n) is 10.5. The van der Waals surface area contributed by atoms with Crippen LogP contribution in [0.4, 0.5) is 0 Å². The van der Waals surface area contributed by atoms with E-state index < -0.39 is 0 Å². The zero-order chi connectivity index (χ0) is 12.8. The van der Waals surface area contributed by atoms with Crippen LogP contribution in [0.5, 0.6) is 0 Å². The number of hydrogen-bond acceptors (Lipinski definition) is 5. The molecule has 7 nitrogen and oxygen atoms in total. The van der Waals surface area contributed by atoms with Crippen molar-refractivity contribution in [1.29, 1.82) is 0 Å². The van der Waals surface area contributed by atoms with E-state index in [0.29, 0.717) is 32.1 Å². The Hall–Kier alpha value is -1.47. The number of H-pyrrole nitrogens is 1. The molecule has 0 saturated carbocycles. The number of nitrogens with zero attached hydrogens (tertiary/aromatic N) is 3. The van der Waals surface area contributed by atoms with Crippen LogP contribution >= 0.6 is 0 Å². The lowest BCUT2D eigenvalue weighted by atomic mass is 10.1. The van der Waals surface area contributed by atoms with Crippen molar-refractivity contribution in [2.24, 2.45) is 0 Å². The summed E-state index contributed by atoms with van der Waals surface area (Å²) in [6, 6.07) is 0. The van der Waals surface area contributed by atoms with Gasteiger partial charge < -0.3 is 14.4 Å². The molecule has 1 aliphatic rings. The summed E-state index contributed by atoms with van der Waals surface area (Å²) in [6.45, 7) is 2.60. The third kappa shape index (κ3) is 3.27. The van der Waals surface area contributed by atoms with Gasteiger partial charge in [-0.15, -0.1) is 0 Å². The highest BCUT2D eigenvalue weighted by Gasteiger charge is 2.25. The van der Waals surface area contributed by atoms with E-state index in [1.807, 2.05) is 0 Å². The van der Waals surface area contributed by atoms with Crippen LogP contribution in [0.1, 0.15) is 23.5 Å². The van der Waals surface area contributed by atoms with E-state index in [0.717, 1.165) is 12.8 Å². The number of piperidine rings is 1. The summed E-state index contributed by atoms with van der Waals surface area (Å²) in [5.74, 6) is 0.205. The van der Waals surface area contributed by atoms with Gasteiger partial charge in [-0.05, 0) is 12.8 Å². The van der Waals surface area contributed by atoms with Crippen LogP contribution in [0.3, 0.4) is 0 Å². The monoisotopic (exact) mass is 254 g/mol. The van der Waals surface area contributed by atoms with Crippen molar-refractivity contribution in [2.45, 2.75) is 18.9 Å². The van der Waals surface area contributed by atoms with Crippen molar-refractivity contribution in [3.8, 4) is 0 Å². The normalized spacial score (nSPS) is 17.1. The molecule has 0 aromatic carbocycles. The highest BCUT2D eigenvalue weighted by atomic mass is 16.5. The number of rotatable bonds is 5. The van der Waals surface area contributed by atoms with Crippen molar-refractivity contribution >= 4 is 5.91 Å². The zero-order valence-corrected chi connectivity index (χ0v) is 10.5. The maximum absolute atomic E-state index is 12.0. The molecular weight excluding hydrogens is 236 g/mol. The number of aromatic nitrogens is 3. The molecule has 0 bridgehead atoms. The Kier molecular flexibility index (Phi) is 4.66. The maximum Gasteiger partial charge on any atom is 0.291 e. The van der Waals surface area contributed by atoms with E-state index in [-0.39, 0.29) is 12.0 Å². The molecule has 0 radical (unpaired) electrons. The van der Waals surface area contributed by atoms with Crippen molar-refractivity contribution < 1.29 is 14.3 Å². The summed E-state index contributed by atoms with van der Waals surface area (Å²) in [5, 5.41) is 6.27. The van der Waals surface area contributed by atoms with Crippen LogP contribution < -0.4 is 0 Å². The number of methoxy groups -OCH3 is 1. The molecule has 0 spiro atoms. The van der Waals surface area contributed by atoms with Gasteiger partial charge in [0.2, 0.25) is 5.82 Å². The molecule has 1 aliphatic heterocycles. The summed E-state index contributed by atoms with van der Waals surface area (Å²) in [5.41, 5.74) is 0. The van der Waals surface area contributed by atoms with E-state index in [2.05, 4.69) is 15.2 Å². The van der Waals surface area contributed by atoms with E-state index in [1.165, 1.54) is 6.33 Å². The molecule has 7 heteroatoms. The third-order valence-corrected chi connectivity index (χ3v) is 2.99. The van der Waals surface area contributed by atoms with Crippen molar-refractivity contribution in [2.75, 3.05) is 33.4 Å². The molecule has 1 aromatic heterocycles. The molecule has 2 rings (SSSR count). The van der Waals surface area contributed by atoms with Crippen molar-refractivity contribution in [3.05, 3.63) is 12.2 Å². The highest BCUT2D eigenvalue weighted by molar-refractivity contribution is 5.90. The summed E-state index contributed by atoms with van der Waals surface area (Å²) in [4.78, 5) is 17.6. The van der Waals surface area contributed by atoms with Gasteiger partial charge in [-0.2, -0.15) is 5.10 Å². The minimum absolute atomic E-state index is 0.0946. The van der Waals surface area contributed by atoms with Crippen LogP contribution in [-0.2, 0) is 9.47 Å². The number of ether oxygens (including phenoxy) is 2. The smallest absolute Gasteiger partial charge is 0.291 e. The number of aromatic amines is 1. The quantitative estimate of drug-likeness (QED) is 0.752. The summed E-state index contributed by atoms with van der Waals surface area (Å²) in [7, 11) is 1.65. The molecule has 18 heavy (non-hydrogen) atoms. The maximum atomic E-state index is 12.0. The van der Waals surface area contributed by atoms with E-state index in [1.54, 1.807) is 12.0 Å². The largest absolute Gasteiger partial charge is 0.382 e. The van der Waals surface area contributed by atoms with Gasteiger partial charge in [0.25, 0.3) is 5.91 Å². The molecule has 0 unspecified atom stereocenters. The summed E-state index contributed by atoms with van der Waals surface area (Å²) < 4.78 is 10.6. The second-order valence-electron chi connectivity index (χ2n) is 4.19. The molecule has 1 fully saturated rings. The van der Waals surface area contributed by atoms with Crippen LogP contribution in [0.15, 0.2) is 6.33 Å². The Morgan fingerprint density at radius 2 is 2.28 bits per heavy atom. The third-order valence-electron chi connectivity index (χ3n) is 2.99. The van der Waals surface area contributed by atoms with Crippen LogP contribution in [0, 0.1) is 0 Å². The SMILES string of the molecule is COCCOC1CCN(C(=O)c2ncn[nH]2)CC1. The minimum atomic E-state index is -0.0946. The number of likely N-dealkylation sites (tertiary alicyclic amines) is 1. The lowest BCUT2D eigenvalue weighted by molar-refractivity contribution is -0.0124. The van der Waals surface area contributed by atoms with Crippen molar-refractivity contribution in [1.82, 2.24) is 20.1 Å². The first-order valence-electron chi connectivity index (χ1n) is 6.06. The topological polar surface area (TPSA) is 80.3 Å². The lowest BCUT2D eigenvalue weighted by Crippen LogP contribution is -2.41. The molecule has 1 amide bonds. The predicted octanol–water partition coefficient (Wildman–Crippen LogP) is 0.0723. The molecule has 1 aromatic rings. The van der Waals surface area contributed by atoms with Gasteiger partial charge in [0.15, 0.2) is 0 Å². The Morgan fingerprint density at radius 3 is 2.89 bits per heavy atom. The molecule has 0 aliphatic carbocycles. The fourth-order valence-electron chi connectivity index (χ4n) is 1.98. The lowest BCUT2D eigenvalue weighted by Gasteiger charge is -2.31. The molecule has 0 atom stereocenters. The predicted molar refractivity (Wildman–Crippen MR) is 63.1 cm³/mol. The Labute approximate surface area is 105 Å². The molecule has 2 heterocycles. The molecular formula is C11H18N4O3. The average Bonchev–Trinajstić information content (AvgIpc) is 2.93. The van der Waals surface area contributed by atoms with Crippen LogP contribution in [0.25, 0.3) is 0 Å². The first-order chi connectivity index (χ1) is 8.81. The Bertz CT molecular complexity index is 360. The molecule has 100 valence electrons. The van der Waals surface area contributed by atoms with Gasteiger partial charge in [-0.3, -0.25) is 9.89 Å². The summed E-state index contributed by atoms with van der Waals surface area (Å²) in [6.07, 6.45) is 3.26. The Balaban J connectivity index is 1.75. The number of carbonyl (C=O) groups is 1. The average molecular weight is 254 g/mol. The standard InChI is InChI=1S/C11H18N4O3/c1-17-6-7-18-9-2-4-15(5-3-9)11(16)10-12-8-13-14-10/h8-9H,2-7H2,1H3,(H,12,13,14). The summed E-state index contributed by atoms with van der Waals surface area (Å²) >= 11 is 0. The number of amides is 1. The first kappa shape index (κ1) is 13.0. The highest BCUT2D eigenvalue weighted by Crippen LogP contribution is 2.14.